The van der Waals surface area contributed by atoms with Crippen LogP contribution in [0.15, 0.2) is 48.5 Å². The number of methoxy groups -OCH3 is 1. The molecule has 2 amide bonds. The molecule has 5 heteroatoms. The summed E-state index contributed by atoms with van der Waals surface area (Å²) < 4.78 is 5.33. The number of rotatable bonds is 6. The first-order chi connectivity index (χ1) is 13.1. The Morgan fingerprint density at radius 1 is 1.11 bits per heavy atom. The Kier molecular flexibility index (Phi) is 6.12. The van der Waals surface area contributed by atoms with E-state index in [1.165, 1.54) is 7.11 Å². The van der Waals surface area contributed by atoms with Gasteiger partial charge in [-0.3, -0.25) is 9.59 Å². The first-order valence-corrected chi connectivity index (χ1v) is 9.36. The molecule has 1 unspecified atom stereocenters. The van der Waals surface area contributed by atoms with Gasteiger partial charge in [0.25, 0.3) is 5.91 Å². The fraction of sp³-hybridized carbons (Fsp3) is 0.364. The van der Waals surface area contributed by atoms with Gasteiger partial charge in [-0.25, -0.2) is 0 Å². The number of nitrogens with zero attached hydrogens (tertiary/aromatic N) is 1. The first kappa shape index (κ1) is 19.0. The Morgan fingerprint density at radius 2 is 1.81 bits per heavy atom. The molecule has 1 fully saturated rings. The molecule has 0 aliphatic carbocycles. The summed E-state index contributed by atoms with van der Waals surface area (Å²) >= 11 is 0. The molecule has 0 spiro atoms. The molecular formula is C22H26N2O3. The lowest BCUT2D eigenvalue weighted by atomic mass is 10.0. The Hall–Kier alpha value is -2.82. The Labute approximate surface area is 160 Å². The molecule has 0 saturated carbocycles. The highest BCUT2D eigenvalue weighted by Gasteiger charge is 2.29. The number of ether oxygens (including phenoxy) is 1. The maximum absolute atomic E-state index is 13.0. The van der Waals surface area contributed by atoms with Crippen LogP contribution in [-0.4, -0.2) is 43.0 Å². The van der Waals surface area contributed by atoms with Crippen molar-refractivity contribution >= 4 is 11.8 Å². The van der Waals surface area contributed by atoms with Gasteiger partial charge in [-0.05, 0) is 37.5 Å². The molecular weight excluding hydrogens is 340 g/mol. The maximum atomic E-state index is 13.0. The quantitative estimate of drug-likeness (QED) is 0.855. The summed E-state index contributed by atoms with van der Waals surface area (Å²) in [6.45, 7) is 3.44. The van der Waals surface area contributed by atoms with E-state index in [0.717, 1.165) is 37.1 Å². The maximum Gasteiger partial charge on any atom is 0.255 e. The second-order valence-electron chi connectivity index (χ2n) is 6.95. The molecule has 142 valence electrons. The van der Waals surface area contributed by atoms with E-state index < -0.39 is 6.04 Å². The van der Waals surface area contributed by atoms with E-state index >= 15 is 0 Å². The van der Waals surface area contributed by atoms with E-state index in [-0.39, 0.29) is 11.8 Å². The highest BCUT2D eigenvalue weighted by molar-refractivity contribution is 6.00. The minimum Gasteiger partial charge on any atom is -0.496 e. The van der Waals surface area contributed by atoms with Gasteiger partial charge in [0, 0.05) is 19.5 Å². The number of carbonyl (C=O) groups is 2. The number of hydrogen-bond donors (Lipinski definition) is 1. The summed E-state index contributed by atoms with van der Waals surface area (Å²) in [4.78, 5) is 27.8. The fourth-order valence-corrected chi connectivity index (χ4v) is 3.44. The number of carbonyl (C=O) groups excluding carboxylic acids is 2. The van der Waals surface area contributed by atoms with Gasteiger partial charge in [0.15, 0.2) is 0 Å². The highest BCUT2D eigenvalue weighted by atomic mass is 16.5. The number of benzene rings is 2. The van der Waals surface area contributed by atoms with Gasteiger partial charge in [0.1, 0.15) is 11.8 Å². The second-order valence-corrected chi connectivity index (χ2v) is 6.95. The minimum absolute atomic E-state index is 0.0173. The summed E-state index contributed by atoms with van der Waals surface area (Å²) in [5, 5.41) is 2.95. The molecule has 1 heterocycles. The van der Waals surface area contributed by atoms with Gasteiger partial charge in [0.2, 0.25) is 5.91 Å². The first-order valence-electron chi connectivity index (χ1n) is 9.36. The van der Waals surface area contributed by atoms with Gasteiger partial charge in [-0.1, -0.05) is 42.0 Å². The largest absolute Gasteiger partial charge is 0.496 e. The van der Waals surface area contributed by atoms with Crippen LogP contribution in [-0.2, 0) is 11.2 Å². The minimum atomic E-state index is -0.594. The van der Waals surface area contributed by atoms with Crippen LogP contribution < -0.4 is 10.1 Å². The lowest BCUT2D eigenvalue weighted by Crippen LogP contribution is -2.49. The third-order valence-corrected chi connectivity index (χ3v) is 4.90. The molecule has 3 rings (SSSR count). The van der Waals surface area contributed by atoms with E-state index in [4.69, 9.17) is 4.74 Å². The summed E-state index contributed by atoms with van der Waals surface area (Å²) in [6.07, 6.45) is 2.50. The van der Waals surface area contributed by atoms with E-state index in [2.05, 4.69) is 5.32 Å². The normalized spacial score (nSPS) is 14.7. The van der Waals surface area contributed by atoms with Crippen LogP contribution in [0.3, 0.4) is 0 Å². The van der Waals surface area contributed by atoms with Gasteiger partial charge in [-0.2, -0.15) is 0 Å². The SMILES string of the molecule is COc1ccc(C)cc1C(=O)NC(Cc1ccccc1)C(=O)N1CCCC1. The van der Waals surface area contributed by atoms with Crippen LogP contribution in [0.25, 0.3) is 0 Å². The number of likely N-dealkylation sites (tertiary alicyclic amines) is 1. The second kappa shape index (κ2) is 8.71. The average molecular weight is 366 g/mol. The van der Waals surface area contributed by atoms with Crippen LogP contribution in [0.4, 0.5) is 0 Å². The van der Waals surface area contributed by atoms with Crippen molar-refractivity contribution in [3.05, 3.63) is 65.2 Å². The zero-order chi connectivity index (χ0) is 19.2. The Bertz CT molecular complexity index is 798. The summed E-state index contributed by atoms with van der Waals surface area (Å²) in [5.41, 5.74) is 2.43. The predicted molar refractivity (Wildman–Crippen MR) is 105 cm³/mol. The summed E-state index contributed by atoms with van der Waals surface area (Å²) in [7, 11) is 1.54. The molecule has 0 aromatic heterocycles. The van der Waals surface area contributed by atoms with Crippen molar-refractivity contribution in [2.24, 2.45) is 0 Å². The number of amides is 2. The number of hydrogen-bond acceptors (Lipinski definition) is 3. The monoisotopic (exact) mass is 366 g/mol. The van der Waals surface area contributed by atoms with Crippen LogP contribution >= 0.6 is 0 Å². The molecule has 1 N–H and O–H groups in total. The molecule has 1 saturated heterocycles. The van der Waals surface area contributed by atoms with Crippen molar-refractivity contribution in [3.63, 3.8) is 0 Å². The lowest BCUT2D eigenvalue weighted by molar-refractivity contribution is -0.132. The van der Waals surface area contributed by atoms with Crippen molar-refractivity contribution < 1.29 is 14.3 Å². The molecule has 27 heavy (non-hydrogen) atoms. The van der Waals surface area contributed by atoms with Crippen molar-refractivity contribution in [2.75, 3.05) is 20.2 Å². The topological polar surface area (TPSA) is 58.6 Å². The van der Waals surface area contributed by atoms with Gasteiger partial charge < -0.3 is 15.0 Å². The molecule has 0 bridgehead atoms. The molecule has 1 aliphatic rings. The van der Waals surface area contributed by atoms with Crippen molar-refractivity contribution in [1.82, 2.24) is 10.2 Å². The predicted octanol–water partition coefficient (Wildman–Crippen LogP) is 2.97. The Morgan fingerprint density at radius 3 is 2.48 bits per heavy atom. The van der Waals surface area contributed by atoms with Gasteiger partial charge in [-0.15, -0.1) is 0 Å². The van der Waals surface area contributed by atoms with Crippen molar-refractivity contribution in [2.45, 2.75) is 32.2 Å². The van der Waals surface area contributed by atoms with Crippen molar-refractivity contribution in [3.8, 4) is 5.75 Å². The Balaban J connectivity index is 1.83. The summed E-state index contributed by atoms with van der Waals surface area (Å²) in [5.74, 6) is 0.200. The summed E-state index contributed by atoms with van der Waals surface area (Å²) in [6, 6.07) is 14.6. The van der Waals surface area contributed by atoms with Gasteiger partial charge >= 0.3 is 0 Å². The zero-order valence-corrected chi connectivity index (χ0v) is 15.9. The number of aryl methyl sites for hydroxylation is 1. The fourth-order valence-electron chi connectivity index (χ4n) is 3.44. The van der Waals surface area contributed by atoms with Crippen LogP contribution in [0.1, 0.15) is 34.3 Å². The van der Waals surface area contributed by atoms with E-state index in [0.29, 0.717) is 17.7 Å². The van der Waals surface area contributed by atoms with Crippen LogP contribution in [0, 0.1) is 6.92 Å². The average Bonchev–Trinajstić information content (AvgIpc) is 3.22. The molecule has 1 aliphatic heterocycles. The molecule has 2 aromatic carbocycles. The lowest BCUT2D eigenvalue weighted by Gasteiger charge is -2.24. The van der Waals surface area contributed by atoms with Crippen LogP contribution in [0.5, 0.6) is 5.75 Å². The van der Waals surface area contributed by atoms with Crippen molar-refractivity contribution in [1.29, 1.82) is 0 Å². The third kappa shape index (κ3) is 4.67. The molecule has 2 aromatic rings. The highest BCUT2D eigenvalue weighted by Crippen LogP contribution is 2.20. The van der Waals surface area contributed by atoms with Gasteiger partial charge in [0.05, 0.1) is 12.7 Å². The molecule has 1 atom stereocenters. The van der Waals surface area contributed by atoms with Crippen LogP contribution in [0.2, 0.25) is 0 Å². The number of nitrogens with one attached hydrogen (secondary N) is 1. The molecule has 5 nitrogen and oxygen atoms in total. The smallest absolute Gasteiger partial charge is 0.255 e. The van der Waals surface area contributed by atoms with E-state index in [9.17, 15) is 9.59 Å². The third-order valence-electron chi connectivity index (χ3n) is 4.90. The van der Waals surface area contributed by atoms with E-state index in [1.807, 2.05) is 48.2 Å². The zero-order valence-electron chi connectivity index (χ0n) is 15.9. The molecule has 0 radical (unpaired) electrons. The van der Waals surface area contributed by atoms with E-state index in [1.54, 1.807) is 12.1 Å². The standard InChI is InChI=1S/C22H26N2O3/c1-16-10-11-20(27-2)18(14-16)21(25)23-19(15-17-8-4-3-5-9-17)22(26)24-12-6-7-13-24/h3-5,8-11,14,19H,6-7,12-13,15H2,1-2H3,(H,23,25).